The molecule has 26 heavy (non-hydrogen) atoms. The van der Waals surface area contributed by atoms with Gasteiger partial charge in [0.05, 0.1) is 18.6 Å². The van der Waals surface area contributed by atoms with E-state index in [1.807, 2.05) is 12.1 Å². The second-order valence-electron chi connectivity index (χ2n) is 6.15. The average molecular weight is 377 g/mol. The van der Waals surface area contributed by atoms with Gasteiger partial charge in [-0.05, 0) is 24.3 Å². The van der Waals surface area contributed by atoms with E-state index in [-0.39, 0.29) is 11.7 Å². The molecule has 3 rings (SSSR count). The highest BCUT2D eigenvalue weighted by Crippen LogP contribution is 2.22. The number of hydrogen-bond donors (Lipinski definition) is 2. The second kappa shape index (κ2) is 8.31. The summed E-state index contributed by atoms with van der Waals surface area (Å²) in [6.45, 7) is 1.58. The second-order valence-corrected chi connectivity index (χ2v) is 7.26. The Morgan fingerprint density at radius 2 is 2.31 bits per heavy atom. The van der Waals surface area contributed by atoms with Crippen molar-refractivity contribution in [2.24, 2.45) is 12.8 Å². The molecule has 0 atom stereocenters. The van der Waals surface area contributed by atoms with Crippen LogP contribution < -0.4 is 11.1 Å². The van der Waals surface area contributed by atoms with Gasteiger partial charge in [0.15, 0.2) is 5.69 Å². The summed E-state index contributed by atoms with van der Waals surface area (Å²) in [4.78, 5) is 25.6. The highest BCUT2D eigenvalue weighted by Gasteiger charge is 2.28. The maximum atomic E-state index is 12.4. The van der Waals surface area contributed by atoms with Gasteiger partial charge in [-0.25, -0.2) is 4.79 Å². The summed E-state index contributed by atoms with van der Waals surface area (Å²) in [5, 5.41) is 7.12. The highest BCUT2D eigenvalue weighted by atomic mass is 32.2. The lowest BCUT2D eigenvalue weighted by Gasteiger charge is -2.27. The Kier molecular flexibility index (Phi) is 5.87. The van der Waals surface area contributed by atoms with E-state index in [4.69, 9.17) is 10.2 Å². The number of fused-ring (bicyclic) bond motifs is 1. The van der Waals surface area contributed by atoms with Crippen LogP contribution in [0.15, 0.2) is 22.8 Å². The van der Waals surface area contributed by atoms with E-state index >= 15 is 0 Å². The van der Waals surface area contributed by atoms with Crippen LogP contribution in [0, 0.1) is 0 Å². The first kappa shape index (κ1) is 18.4. The maximum absolute atomic E-state index is 12.4. The molecule has 3 N–H and O–H groups in total. The zero-order chi connectivity index (χ0) is 18.5. The molecule has 3 amide bonds. The van der Waals surface area contributed by atoms with Crippen LogP contribution in [0.2, 0.25) is 0 Å². The summed E-state index contributed by atoms with van der Waals surface area (Å²) >= 11 is 1.78. The van der Waals surface area contributed by atoms with Gasteiger partial charge in [-0.1, -0.05) is 0 Å². The number of primary amides is 1. The Morgan fingerprint density at radius 1 is 1.46 bits per heavy atom. The van der Waals surface area contributed by atoms with Crippen molar-refractivity contribution in [3.8, 4) is 0 Å². The Labute approximate surface area is 156 Å². The van der Waals surface area contributed by atoms with Gasteiger partial charge < -0.3 is 20.4 Å². The molecular formula is C17H23N5O3S. The summed E-state index contributed by atoms with van der Waals surface area (Å²) in [5.41, 5.74) is 7.38. The zero-order valence-corrected chi connectivity index (χ0v) is 15.6. The molecule has 2 aromatic heterocycles. The fraction of sp³-hybridized carbons (Fsp3) is 0.471. The molecule has 0 radical (unpaired) electrons. The molecule has 1 aliphatic rings. The van der Waals surface area contributed by atoms with Gasteiger partial charge in [0.2, 0.25) is 0 Å². The predicted molar refractivity (Wildman–Crippen MR) is 98.7 cm³/mol. The molecule has 2 aromatic rings. The molecule has 3 heterocycles. The van der Waals surface area contributed by atoms with Crippen molar-refractivity contribution < 1.29 is 14.0 Å². The van der Waals surface area contributed by atoms with Crippen molar-refractivity contribution in [2.75, 3.05) is 18.8 Å². The minimum atomic E-state index is -0.558. The quantitative estimate of drug-likeness (QED) is 0.711. The molecule has 1 aliphatic heterocycles. The normalized spacial score (nSPS) is 13.5. The molecule has 0 saturated carbocycles. The first-order chi connectivity index (χ1) is 12.6. The van der Waals surface area contributed by atoms with Crippen molar-refractivity contribution in [1.29, 1.82) is 0 Å². The van der Waals surface area contributed by atoms with Crippen molar-refractivity contribution in [3.63, 3.8) is 0 Å². The third-order valence-electron chi connectivity index (χ3n) is 4.33. The number of amides is 3. The molecule has 0 aromatic carbocycles. The van der Waals surface area contributed by atoms with Crippen molar-refractivity contribution in [2.45, 2.75) is 25.1 Å². The molecule has 9 heteroatoms. The molecule has 0 unspecified atom stereocenters. The predicted octanol–water partition coefficient (Wildman–Crippen LogP) is 1.50. The van der Waals surface area contributed by atoms with Gasteiger partial charge in [0.25, 0.3) is 5.91 Å². The van der Waals surface area contributed by atoms with Gasteiger partial charge in [-0.2, -0.15) is 16.9 Å². The van der Waals surface area contributed by atoms with Crippen LogP contribution in [0.25, 0.3) is 0 Å². The van der Waals surface area contributed by atoms with E-state index in [1.165, 1.54) is 0 Å². The van der Waals surface area contributed by atoms with Crippen LogP contribution >= 0.6 is 11.8 Å². The molecular weight excluding hydrogens is 354 g/mol. The maximum Gasteiger partial charge on any atom is 0.317 e. The summed E-state index contributed by atoms with van der Waals surface area (Å²) < 4.78 is 6.96. The minimum absolute atomic E-state index is 0.119. The van der Waals surface area contributed by atoms with Gasteiger partial charge in [-0.3, -0.25) is 9.48 Å². The van der Waals surface area contributed by atoms with Crippen LogP contribution in [-0.4, -0.2) is 45.5 Å². The Hall–Kier alpha value is -2.42. The van der Waals surface area contributed by atoms with Gasteiger partial charge in [-0.15, -0.1) is 0 Å². The fourth-order valence-corrected chi connectivity index (χ4v) is 3.87. The first-order valence-corrected chi connectivity index (χ1v) is 9.69. The minimum Gasteiger partial charge on any atom is -0.468 e. The first-order valence-electron chi connectivity index (χ1n) is 8.53. The molecule has 0 fully saturated rings. The van der Waals surface area contributed by atoms with Gasteiger partial charge >= 0.3 is 6.03 Å². The largest absolute Gasteiger partial charge is 0.468 e. The number of hydrogen-bond acceptors (Lipinski definition) is 5. The summed E-state index contributed by atoms with van der Waals surface area (Å²) in [7, 11) is 1.79. The van der Waals surface area contributed by atoms with Crippen LogP contribution in [0.5, 0.6) is 0 Å². The molecule has 0 spiro atoms. The number of thioether (sulfide) groups is 1. The lowest BCUT2D eigenvalue weighted by atomic mass is 10.1. The highest BCUT2D eigenvalue weighted by molar-refractivity contribution is 7.98. The van der Waals surface area contributed by atoms with Gasteiger partial charge in [0, 0.05) is 37.8 Å². The zero-order valence-electron chi connectivity index (χ0n) is 14.7. The van der Waals surface area contributed by atoms with Crippen molar-refractivity contribution in [3.05, 3.63) is 41.1 Å². The van der Waals surface area contributed by atoms with Crippen molar-refractivity contribution >= 4 is 23.7 Å². The molecule has 0 bridgehead atoms. The topological polar surface area (TPSA) is 106 Å². The third kappa shape index (κ3) is 4.21. The number of furan rings is 1. The van der Waals surface area contributed by atoms with Crippen LogP contribution in [0.1, 0.15) is 33.9 Å². The van der Waals surface area contributed by atoms with Crippen LogP contribution in [0.4, 0.5) is 4.79 Å². The number of rotatable bonds is 7. The van der Waals surface area contributed by atoms with Crippen LogP contribution in [0.3, 0.4) is 0 Å². The Balaban J connectivity index is 1.42. The van der Waals surface area contributed by atoms with Gasteiger partial charge in [0.1, 0.15) is 5.76 Å². The average Bonchev–Trinajstić information content (AvgIpc) is 3.25. The number of aromatic nitrogens is 2. The van der Waals surface area contributed by atoms with Crippen molar-refractivity contribution in [1.82, 2.24) is 20.0 Å². The fourth-order valence-electron chi connectivity index (χ4n) is 3.01. The summed E-state index contributed by atoms with van der Waals surface area (Å²) in [6, 6.07) is 3.72. The van der Waals surface area contributed by atoms with E-state index < -0.39 is 5.91 Å². The summed E-state index contributed by atoms with van der Waals surface area (Å²) in [6.07, 6.45) is 3.22. The Morgan fingerprint density at radius 3 is 3.04 bits per heavy atom. The van der Waals surface area contributed by atoms with E-state index in [1.54, 1.807) is 34.7 Å². The lowest BCUT2D eigenvalue weighted by molar-refractivity contribution is 0.0992. The number of nitrogens with two attached hydrogens (primary N) is 1. The monoisotopic (exact) mass is 377 g/mol. The van der Waals surface area contributed by atoms with E-state index in [2.05, 4.69) is 10.4 Å². The standard InChI is InChI=1S/C17H23N5O3S/c1-21-14-5-7-22(10-13(14)15(20-21)16(18)23)17(24)19-6-3-9-26-11-12-4-2-8-25-12/h2,4,8H,3,5-7,9-11H2,1H3,(H2,18,23)(H,19,24). The number of carbonyl (C=O) groups is 2. The number of aryl methyl sites for hydroxylation is 1. The van der Waals surface area contributed by atoms with E-state index in [0.29, 0.717) is 26.1 Å². The number of carbonyl (C=O) groups excluding carboxylic acids is 2. The van der Waals surface area contributed by atoms with E-state index in [9.17, 15) is 9.59 Å². The molecule has 140 valence electrons. The Bertz CT molecular complexity index is 772. The molecule has 0 aliphatic carbocycles. The molecule has 0 saturated heterocycles. The molecule has 8 nitrogen and oxygen atoms in total. The number of urea groups is 1. The number of nitrogens with zero attached hydrogens (tertiary/aromatic N) is 3. The summed E-state index contributed by atoms with van der Waals surface area (Å²) in [5.74, 6) is 2.19. The lowest BCUT2D eigenvalue weighted by Crippen LogP contribution is -2.43. The third-order valence-corrected chi connectivity index (χ3v) is 5.40. The SMILES string of the molecule is Cn1nc(C(N)=O)c2c1CCN(C(=O)NCCCSCc1ccco1)C2. The van der Waals surface area contributed by atoms with Crippen LogP contribution in [-0.2, 0) is 25.8 Å². The number of nitrogens with one attached hydrogen (secondary N) is 1. The smallest absolute Gasteiger partial charge is 0.317 e. The van der Waals surface area contributed by atoms with E-state index in [0.717, 1.165) is 34.9 Å².